The van der Waals surface area contributed by atoms with E-state index in [1.54, 1.807) is 12.1 Å². The number of para-hydroxylation sites is 1. The second-order valence-electron chi connectivity index (χ2n) is 3.28. The number of hydrogen-bond acceptors (Lipinski definition) is 5. The number of hydrogen-bond donors (Lipinski definition) is 1. The molecule has 1 aromatic carbocycles. The van der Waals surface area contributed by atoms with Crippen LogP contribution in [0.15, 0.2) is 24.3 Å². The maximum atomic E-state index is 11.0. The molecule has 0 radical (unpaired) electrons. The third kappa shape index (κ3) is 3.72. The highest BCUT2D eigenvalue weighted by Gasteiger charge is 2.24. The van der Waals surface area contributed by atoms with Crippen molar-refractivity contribution in [2.75, 3.05) is 13.4 Å². The van der Waals surface area contributed by atoms with E-state index >= 15 is 0 Å². The molecule has 1 unspecified atom stereocenters. The second kappa shape index (κ2) is 5.15. The summed E-state index contributed by atoms with van der Waals surface area (Å²) in [5.41, 5.74) is 0.146. The van der Waals surface area contributed by atoms with Gasteiger partial charge in [0, 0.05) is 12.7 Å². The number of aliphatic carboxylic acids is 1. The predicted molar refractivity (Wildman–Crippen MR) is 59.3 cm³/mol. The zero-order chi connectivity index (χ0) is 13.1. The molecule has 0 bridgehead atoms. The number of carbonyl (C=O) groups is 1. The topological polar surface area (TPSA) is 89.9 Å². The molecular formula is C10H12O6S. The van der Waals surface area contributed by atoms with Gasteiger partial charge in [0.1, 0.15) is 5.75 Å². The Hall–Kier alpha value is -1.60. The highest BCUT2D eigenvalue weighted by molar-refractivity contribution is 7.86. The fourth-order valence-corrected chi connectivity index (χ4v) is 1.77. The molecule has 0 heterocycles. The molecule has 0 aliphatic heterocycles. The van der Waals surface area contributed by atoms with Crippen molar-refractivity contribution in [3.63, 3.8) is 0 Å². The minimum atomic E-state index is -3.72. The summed E-state index contributed by atoms with van der Waals surface area (Å²) in [5.74, 6) is -1.28. The Morgan fingerprint density at radius 2 is 1.94 bits per heavy atom. The first-order valence-corrected chi connectivity index (χ1v) is 6.41. The number of ether oxygens (including phenoxy) is 1. The van der Waals surface area contributed by atoms with E-state index in [-0.39, 0.29) is 11.3 Å². The highest BCUT2D eigenvalue weighted by atomic mass is 32.2. The Kier molecular flexibility index (Phi) is 4.08. The highest BCUT2D eigenvalue weighted by Crippen LogP contribution is 2.28. The van der Waals surface area contributed by atoms with Gasteiger partial charge in [0.15, 0.2) is 6.10 Å². The van der Waals surface area contributed by atoms with E-state index in [4.69, 9.17) is 14.0 Å². The van der Waals surface area contributed by atoms with Crippen molar-refractivity contribution in [3.05, 3.63) is 29.8 Å². The molecule has 0 aromatic heterocycles. The van der Waals surface area contributed by atoms with Crippen molar-refractivity contribution in [1.29, 1.82) is 0 Å². The molecular weight excluding hydrogens is 248 g/mol. The van der Waals surface area contributed by atoms with E-state index in [1.165, 1.54) is 19.2 Å². The van der Waals surface area contributed by atoms with Crippen molar-refractivity contribution >= 4 is 16.1 Å². The van der Waals surface area contributed by atoms with Gasteiger partial charge < -0.3 is 14.0 Å². The lowest BCUT2D eigenvalue weighted by Gasteiger charge is -2.14. The van der Waals surface area contributed by atoms with Crippen molar-refractivity contribution < 1.29 is 27.2 Å². The minimum absolute atomic E-state index is 0.0516. The van der Waals surface area contributed by atoms with Gasteiger partial charge in [-0.3, -0.25) is 0 Å². The second-order valence-corrected chi connectivity index (χ2v) is 4.85. The smallest absolute Gasteiger partial charge is 0.337 e. The molecule has 0 amide bonds. The summed E-state index contributed by atoms with van der Waals surface area (Å²) in [5, 5.41) is 8.92. The number of methoxy groups -OCH3 is 1. The molecule has 6 nitrogen and oxygen atoms in total. The molecule has 0 saturated carbocycles. The Labute approximate surface area is 98.9 Å². The van der Waals surface area contributed by atoms with Crippen LogP contribution in [0.1, 0.15) is 11.7 Å². The maximum absolute atomic E-state index is 11.0. The first-order valence-electron chi connectivity index (χ1n) is 4.59. The summed E-state index contributed by atoms with van der Waals surface area (Å²) in [7, 11) is -2.50. The van der Waals surface area contributed by atoms with Crippen LogP contribution in [0.25, 0.3) is 0 Å². The number of carboxylic acids is 1. The van der Waals surface area contributed by atoms with Gasteiger partial charge in [-0.1, -0.05) is 18.2 Å². The molecule has 1 aromatic rings. The summed E-state index contributed by atoms with van der Waals surface area (Å²) in [4.78, 5) is 10.9. The molecule has 1 atom stereocenters. The molecule has 0 fully saturated rings. The molecule has 0 spiro atoms. The van der Waals surface area contributed by atoms with Gasteiger partial charge in [-0.05, 0) is 6.07 Å². The average Bonchev–Trinajstić information content (AvgIpc) is 2.18. The van der Waals surface area contributed by atoms with Gasteiger partial charge in [0.25, 0.3) is 0 Å². The molecule has 1 rings (SSSR count). The Bertz CT molecular complexity index is 507. The Morgan fingerprint density at radius 1 is 1.35 bits per heavy atom. The van der Waals surface area contributed by atoms with Crippen LogP contribution in [0.5, 0.6) is 5.75 Å². The fourth-order valence-electron chi connectivity index (χ4n) is 1.30. The zero-order valence-corrected chi connectivity index (χ0v) is 10.1. The summed E-state index contributed by atoms with van der Waals surface area (Å²) >= 11 is 0. The standard InChI is InChI=1S/C10H12O6S/c1-15-9(10(11)12)7-5-3-4-6-8(7)16-17(2,13)14/h3-6,9H,1-2H3,(H,11,12). The summed E-state index contributed by atoms with van der Waals surface area (Å²) in [6.45, 7) is 0. The van der Waals surface area contributed by atoms with Gasteiger partial charge in [-0.25, -0.2) is 4.79 Å². The first kappa shape index (κ1) is 13.5. The van der Waals surface area contributed by atoms with Gasteiger partial charge >= 0.3 is 16.1 Å². The summed E-state index contributed by atoms with van der Waals surface area (Å²) in [6, 6.07) is 5.91. The monoisotopic (exact) mass is 260 g/mol. The third-order valence-electron chi connectivity index (χ3n) is 1.90. The van der Waals surface area contributed by atoms with Crippen LogP contribution in [0.2, 0.25) is 0 Å². The van der Waals surface area contributed by atoms with Gasteiger partial charge in [0.05, 0.1) is 6.26 Å². The van der Waals surface area contributed by atoms with Crippen LogP contribution >= 0.6 is 0 Å². The molecule has 7 heteroatoms. The SMILES string of the molecule is COC(C(=O)O)c1ccccc1OS(C)(=O)=O. The van der Waals surface area contributed by atoms with E-state index < -0.39 is 22.2 Å². The molecule has 0 saturated heterocycles. The number of carboxylic acid groups (broad SMARTS) is 1. The Morgan fingerprint density at radius 3 is 2.41 bits per heavy atom. The number of benzene rings is 1. The lowest BCUT2D eigenvalue weighted by atomic mass is 10.1. The fraction of sp³-hybridized carbons (Fsp3) is 0.300. The van der Waals surface area contributed by atoms with Gasteiger partial charge in [-0.15, -0.1) is 0 Å². The van der Waals surface area contributed by atoms with Crippen LogP contribution in [0, 0.1) is 0 Å². The van der Waals surface area contributed by atoms with Crippen LogP contribution in [0.3, 0.4) is 0 Å². The molecule has 17 heavy (non-hydrogen) atoms. The molecule has 0 aliphatic rings. The van der Waals surface area contributed by atoms with Crippen molar-refractivity contribution in [3.8, 4) is 5.75 Å². The van der Waals surface area contributed by atoms with E-state index in [9.17, 15) is 13.2 Å². The van der Waals surface area contributed by atoms with E-state index in [0.717, 1.165) is 6.26 Å². The normalized spacial score (nSPS) is 13.1. The van der Waals surface area contributed by atoms with Crippen LogP contribution < -0.4 is 4.18 Å². The van der Waals surface area contributed by atoms with Crippen LogP contribution in [0.4, 0.5) is 0 Å². The Balaban J connectivity index is 3.19. The van der Waals surface area contributed by atoms with E-state index in [0.29, 0.717) is 0 Å². The minimum Gasteiger partial charge on any atom is -0.479 e. The van der Waals surface area contributed by atoms with E-state index in [2.05, 4.69) is 0 Å². The quantitative estimate of drug-likeness (QED) is 0.787. The van der Waals surface area contributed by atoms with Crippen molar-refractivity contribution in [2.45, 2.75) is 6.10 Å². The van der Waals surface area contributed by atoms with Crippen LogP contribution in [-0.2, 0) is 19.6 Å². The van der Waals surface area contributed by atoms with Crippen molar-refractivity contribution in [1.82, 2.24) is 0 Å². The van der Waals surface area contributed by atoms with Crippen LogP contribution in [-0.4, -0.2) is 32.9 Å². The third-order valence-corrected chi connectivity index (χ3v) is 2.38. The molecule has 1 N–H and O–H groups in total. The maximum Gasteiger partial charge on any atom is 0.337 e. The van der Waals surface area contributed by atoms with Gasteiger partial charge in [-0.2, -0.15) is 8.42 Å². The summed E-state index contributed by atoms with van der Waals surface area (Å²) < 4.78 is 31.5. The zero-order valence-electron chi connectivity index (χ0n) is 9.28. The lowest BCUT2D eigenvalue weighted by molar-refractivity contribution is -0.148. The largest absolute Gasteiger partial charge is 0.479 e. The predicted octanol–water partition coefficient (Wildman–Crippen LogP) is 0.797. The lowest BCUT2D eigenvalue weighted by Crippen LogP contribution is -2.16. The van der Waals surface area contributed by atoms with Crippen molar-refractivity contribution in [2.24, 2.45) is 0 Å². The van der Waals surface area contributed by atoms with Gasteiger partial charge in [0.2, 0.25) is 0 Å². The number of rotatable bonds is 5. The average molecular weight is 260 g/mol. The molecule has 94 valence electrons. The summed E-state index contributed by atoms with van der Waals surface area (Å²) in [6.07, 6.45) is -0.389. The molecule has 0 aliphatic carbocycles. The first-order chi connectivity index (χ1) is 7.85. The van der Waals surface area contributed by atoms with E-state index in [1.807, 2.05) is 0 Å².